The van der Waals surface area contributed by atoms with E-state index >= 15 is 0 Å². The van der Waals surface area contributed by atoms with Crippen molar-refractivity contribution in [3.63, 3.8) is 0 Å². The van der Waals surface area contributed by atoms with Crippen molar-refractivity contribution in [1.29, 1.82) is 0 Å². The Morgan fingerprint density at radius 1 is 1.15 bits per heavy atom. The van der Waals surface area contributed by atoms with E-state index in [4.69, 9.17) is 0 Å². The van der Waals surface area contributed by atoms with Gasteiger partial charge in [0, 0.05) is 12.5 Å². The highest BCUT2D eigenvalue weighted by molar-refractivity contribution is 5.26. The first-order chi connectivity index (χ1) is 5.88. The topological polar surface area (TPSA) is 0 Å². The molecule has 0 aliphatic heterocycles. The minimum Gasteiger partial charge on any atom is -0.212 e. The molecular formula is C8H7F5. The zero-order valence-corrected chi connectivity index (χ0v) is 6.59. The zero-order chi connectivity index (χ0) is 10.1. The average molecular weight is 198 g/mol. The van der Waals surface area contributed by atoms with Gasteiger partial charge in [-0.2, -0.15) is 13.2 Å². The van der Waals surface area contributed by atoms with Gasteiger partial charge in [-0.15, -0.1) is 0 Å². The average Bonchev–Trinajstić information content (AvgIpc) is 1.93. The van der Waals surface area contributed by atoms with Crippen LogP contribution in [0.1, 0.15) is 19.3 Å². The quantitative estimate of drug-likeness (QED) is 0.562. The molecule has 0 unspecified atom stereocenters. The van der Waals surface area contributed by atoms with Crippen molar-refractivity contribution in [3.05, 3.63) is 23.3 Å². The summed E-state index contributed by atoms with van der Waals surface area (Å²) in [7, 11) is 0. The van der Waals surface area contributed by atoms with E-state index in [2.05, 4.69) is 0 Å². The molecule has 0 spiro atoms. The van der Waals surface area contributed by atoms with Gasteiger partial charge in [-0.1, -0.05) is 0 Å². The molecule has 1 aliphatic rings. The number of allylic oxidation sites excluding steroid dienone is 4. The third-order valence-electron chi connectivity index (χ3n) is 1.70. The fourth-order valence-corrected chi connectivity index (χ4v) is 1.12. The van der Waals surface area contributed by atoms with E-state index in [1.165, 1.54) is 0 Å². The van der Waals surface area contributed by atoms with Crippen LogP contribution in [0.5, 0.6) is 0 Å². The molecule has 5 heteroatoms. The van der Waals surface area contributed by atoms with Crippen LogP contribution in [0.2, 0.25) is 0 Å². The summed E-state index contributed by atoms with van der Waals surface area (Å²) in [6.07, 6.45) is -5.52. The Morgan fingerprint density at radius 3 is 2.23 bits per heavy atom. The lowest BCUT2D eigenvalue weighted by Gasteiger charge is -2.13. The van der Waals surface area contributed by atoms with Crippen LogP contribution in [0.4, 0.5) is 22.0 Å². The van der Waals surface area contributed by atoms with E-state index in [0.29, 0.717) is 6.08 Å². The van der Waals surface area contributed by atoms with Crippen LogP contribution in [-0.4, -0.2) is 6.18 Å². The normalized spacial score (nSPS) is 19.0. The highest BCUT2D eigenvalue weighted by atomic mass is 19.4. The molecule has 74 valence electrons. The minimum absolute atomic E-state index is 0.140. The second-order valence-corrected chi connectivity index (χ2v) is 2.83. The third kappa shape index (κ3) is 3.16. The monoisotopic (exact) mass is 198 g/mol. The Labute approximate surface area is 71.7 Å². The Kier molecular flexibility index (Phi) is 2.73. The van der Waals surface area contributed by atoms with Crippen molar-refractivity contribution in [2.45, 2.75) is 25.4 Å². The van der Waals surface area contributed by atoms with Gasteiger partial charge in [0.2, 0.25) is 0 Å². The molecule has 0 aromatic heterocycles. The Balaban J connectivity index is 2.75. The van der Waals surface area contributed by atoms with E-state index < -0.39 is 24.3 Å². The van der Waals surface area contributed by atoms with Crippen LogP contribution in [0.25, 0.3) is 0 Å². The lowest BCUT2D eigenvalue weighted by atomic mass is 10.0. The van der Waals surface area contributed by atoms with Gasteiger partial charge >= 0.3 is 6.18 Å². The summed E-state index contributed by atoms with van der Waals surface area (Å²) in [5, 5.41) is 0. The summed E-state index contributed by atoms with van der Waals surface area (Å²) < 4.78 is 60.4. The molecule has 0 saturated carbocycles. The third-order valence-corrected chi connectivity index (χ3v) is 1.70. The number of halogens is 5. The van der Waals surface area contributed by atoms with Gasteiger partial charge in [0.1, 0.15) is 11.7 Å². The number of alkyl halides is 3. The van der Waals surface area contributed by atoms with Crippen LogP contribution < -0.4 is 0 Å². The maximum Gasteiger partial charge on any atom is 0.392 e. The van der Waals surface area contributed by atoms with Gasteiger partial charge in [0.05, 0.1) is 6.42 Å². The predicted molar refractivity (Wildman–Crippen MR) is 37.2 cm³/mol. The number of hydrogen-bond donors (Lipinski definition) is 0. The molecule has 0 radical (unpaired) electrons. The first-order valence-corrected chi connectivity index (χ1v) is 3.69. The highest BCUT2D eigenvalue weighted by Gasteiger charge is 2.31. The van der Waals surface area contributed by atoms with Gasteiger partial charge in [-0.05, 0) is 12.0 Å². The highest BCUT2D eigenvalue weighted by Crippen LogP contribution is 2.33. The van der Waals surface area contributed by atoms with Crippen molar-refractivity contribution in [2.75, 3.05) is 0 Å². The molecule has 1 rings (SSSR count). The zero-order valence-electron chi connectivity index (χ0n) is 6.59. The lowest BCUT2D eigenvalue weighted by molar-refractivity contribution is -0.127. The summed E-state index contributed by atoms with van der Waals surface area (Å²) in [5.74, 6) is -1.79. The SMILES string of the molecule is FC1=CC(F)=C(CC(F)(F)F)CC1. The fraction of sp³-hybridized carbons (Fsp3) is 0.500. The number of hydrogen-bond acceptors (Lipinski definition) is 0. The summed E-state index contributed by atoms with van der Waals surface area (Å²) in [5.41, 5.74) is -0.367. The van der Waals surface area contributed by atoms with Crippen molar-refractivity contribution < 1.29 is 22.0 Å². The van der Waals surface area contributed by atoms with Crippen molar-refractivity contribution in [3.8, 4) is 0 Å². The van der Waals surface area contributed by atoms with Crippen molar-refractivity contribution in [2.24, 2.45) is 0 Å². The molecule has 0 fully saturated rings. The first kappa shape index (κ1) is 10.2. The van der Waals surface area contributed by atoms with Crippen LogP contribution >= 0.6 is 0 Å². The summed E-state index contributed by atoms with van der Waals surface area (Å²) >= 11 is 0. The van der Waals surface area contributed by atoms with Crippen molar-refractivity contribution >= 4 is 0 Å². The molecule has 0 amide bonds. The summed E-state index contributed by atoms with van der Waals surface area (Å²) in [4.78, 5) is 0. The second kappa shape index (κ2) is 3.47. The van der Waals surface area contributed by atoms with Gasteiger partial charge < -0.3 is 0 Å². The lowest BCUT2D eigenvalue weighted by Crippen LogP contribution is -2.10. The van der Waals surface area contributed by atoms with Gasteiger partial charge in [0.25, 0.3) is 0 Å². The molecule has 0 heterocycles. The van der Waals surface area contributed by atoms with Crippen molar-refractivity contribution in [1.82, 2.24) is 0 Å². The standard InChI is InChI=1S/C8H7F5/c9-6-2-1-5(7(10)3-6)4-8(11,12)13/h3H,1-2,4H2. The molecule has 0 N–H and O–H groups in total. The molecule has 0 atom stereocenters. The minimum atomic E-state index is -4.42. The molecule has 0 aromatic rings. The Morgan fingerprint density at radius 2 is 1.77 bits per heavy atom. The largest absolute Gasteiger partial charge is 0.392 e. The number of rotatable bonds is 1. The maximum atomic E-state index is 12.7. The van der Waals surface area contributed by atoms with Crippen LogP contribution in [0.3, 0.4) is 0 Å². The molecule has 0 aromatic carbocycles. The van der Waals surface area contributed by atoms with E-state index in [9.17, 15) is 22.0 Å². The van der Waals surface area contributed by atoms with E-state index in [-0.39, 0.29) is 18.4 Å². The fourth-order valence-electron chi connectivity index (χ4n) is 1.12. The molecule has 1 aliphatic carbocycles. The Hall–Kier alpha value is -0.870. The van der Waals surface area contributed by atoms with E-state index in [0.717, 1.165) is 0 Å². The van der Waals surface area contributed by atoms with E-state index in [1.807, 2.05) is 0 Å². The van der Waals surface area contributed by atoms with Gasteiger partial charge in [0.15, 0.2) is 0 Å². The molecule has 13 heavy (non-hydrogen) atoms. The van der Waals surface area contributed by atoms with Gasteiger partial charge in [-0.25, -0.2) is 8.78 Å². The van der Waals surface area contributed by atoms with Crippen LogP contribution in [-0.2, 0) is 0 Å². The smallest absolute Gasteiger partial charge is 0.212 e. The summed E-state index contributed by atoms with van der Waals surface area (Å²) in [6.45, 7) is 0. The van der Waals surface area contributed by atoms with Crippen LogP contribution in [0.15, 0.2) is 23.3 Å². The molecule has 0 bridgehead atoms. The first-order valence-electron chi connectivity index (χ1n) is 3.69. The Bertz CT molecular complexity index is 258. The van der Waals surface area contributed by atoms with Crippen LogP contribution in [0, 0.1) is 0 Å². The maximum absolute atomic E-state index is 12.7. The van der Waals surface area contributed by atoms with Gasteiger partial charge in [-0.3, -0.25) is 0 Å². The second-order valence-electron chi connectivity index (χ2n) is 2.83. The summed E-state index contributed by atoms with van der Waals surface area (Å²) in [6, 6.07) is 0. The predicted octanol–water partition coefficient (Wildman–Crippen LogP) is 3.81. The van der Waals surface area contributed by atoms with E-state index in [1.54, 1.807) is 0 Å². The molecular weight excluding hydrogens is 191 g/mol. The molecule has 0 nitrogen and oxygen atoms in total. The molecule has 0 saturated heterocycles.